The second kappa shape index (κ2) is 9.25. The maximum absolute atomic E-state index is 13.0. The van der Waals surface area contributed by atoms with E-state index in [-0.39, 0.29) is 13.1 Å². The Hall–Kier alpha value is -3.94. The van der Waals surface area contributed by atoms with E-state index in [1.807, 2.05) is 0 Å². The van der Waals surface area contributed by atoms with Crippen molar-refractivity contribution in [1.82, 2.24) is 9.13 Å². The lowest BCUT2D eigenvalue weighted by molar-refractivity contribution is 0.0592. The minimum Gasteiger partial charge on any atom is -0.465 e. The van der Waals surface area contributed by atoms with Gasteiger partial charge in [-0.05, 0) is 42.3 Å². The van der Waals surface area contributed by atoms with Crippen LogP contribution in [0, 0.1) is 6.92 Å². The van der Waals surface area contributed by atoms with Crippen molar-refractivity contribution < 1.29 is 19.1 Å². The molecule has 3 rings (SSSR count). The van der Waals surface area contributed by atoms with E-state index in [1.54, 1.807) is 55.5 Å². The molecule has 0 spiro atoms. The van der Waals surface area contributed by atoms with Gasteiger partial charge >= 0.3 is 17.6 Å². The summed E-state index contributed by atoms with van der Waals surface area (Å²) >= 11 is 0. The Morgan fingerprint density at radius 3 is 1.58 bits per heavy atom. The van der Waals surface area contributed by atoms with Crippen LogP contribution in [0.4, 0.5) is 0 Å². The standard InChI is InChI=1S/C23H22N2O6/c1-15-12-20(26)25(14-17-6-10-19(11-7-17)22(28)31-3)23(29)24(15)13-16-4-8-18(9-5-16)21(27)30-2/h4-12H,13-14H2,1-3H3. The first-order valence-corrected chi connectivity index (χ1v) is 9.50. The van der Waals surface area contributed by atoms with Crippen molar-refractivity contribution in [2.24, 2.45) is 0 Å². The van der Waals surface area contributed by atoms with E-state index in [4.69, 9.17) is 0 Å². The van der Waals surface area contributed by atoms with E-state index < -0.39 is 23.2 Å². The lowest BCUT2D eigenvalue weighted by Crippen LogP contribution is -2.41. The molecule has 8 nitrogen and oxygen atoms in total. The van der Waals surface area contributed by atoms with Crippen LogP contribution in [-0.2, 0) is 22.6 Å². The molecule has 3 aromatic rings. The van der Waals surface area contributed by atoms with Gasteiger partial charge in [-0.25, -0.2) is 14.4 Å². The molecule has 0 bridgehead atoms. The Morgan fingerprint density at radius 1 is 0.742 bits per heavy atom. The molecule has 0 radical (unpaired) electrons. The average molecular weight is 422 g/mol. The Kier molecular flexibility index (Phi) is 6.49. The maximum Gasteiger partial charge on any atom is 0.337 e. The fourth-order valence-electron chi connectivity index (χ4n) is 3.16. The summed E-state index contributed by atoms with van der Waals surface area (Å²) in [5.74, 6) is -0.897. The third-order valence-corrected chi connectivity index (χ3v) is 4.92. The molecule has 1 heterocycles. The monoisotopic (exact) mass is 422 g/mol. The van der Waals surface area contributed by atoms with Crippen molar-refractivity contribution in [3.05, 3.63) is 103 Å². The summed E-state index contributed by atoms with van der Waals surface area (Å²) in [6.07, 6.45) is 0. The van der Waals surface area contributed by atoms with Crippen LogP contribution in [0.1, 0.15) is 37.5 Å². The van der Waals surface area contributed by atoms with Gasteiger partial charge in [0, 0.05) is 11.8 Å². The van der Waals surface area contributed by atoms with Gasteiger partial charge in [0.25, 0.3) is 5.56 Å². The van der Waals surface area contributed by atoms with E-state index in [2.05, 4.69) is 9.47 Å². The Bertz CT molecular complexity index is 1220. The minimum atomic E-state index is -0.459. The molecule has 1 aromatic heterocycles. The molecule has 0 N–H and O–H groups in total. The zero-order valence-electron chi connectivity index (χ0n) is 17.5. The second-order valence-corrected chi connectivity index (χ2v) is 6.96. The predicted molar refractivity (Wildman–Crippen MR) is 113 cm³/mol. The molecule has 0 saturated heterocycles. The van der Waals surface area contributed by atoms with Crippen LogP contribution in [0.3, 0.4) is 0 Å². The van der Waals surface area contributed by atoms with E-state index in [1.165, 1.54) is 24.9 Å². The number of carbonyl (C=O) groups excluding carboxylic acids is 2. The molecular weight excluding hydrogens is 400 g/mol. The molecule has 0 amide bonds. The molecule has 0 aliphatic heterocycles. The maximum atomic E-state index is 13.0. The fraction of sp³-hybridized carbons (Fsp3) is 0.217. The van der Waals surface area contributed by atoms with Crippen LogP contribution in [0.25, 0.3) is 0 Å². The number of methoxy groups -OCH3 is 2. The summed E-state index contributed by atoms with van der Waals surface area (Å²) < 4.78 is 12.0. The van der Waals surface area contributed by atoms with Crippen molar-refractivity contribution in [3.8, 4) is 0 Å². The van der Waals surface area contributed by atoms with Crippen molar-refractivity contribution in [1.29, 1.82) is 0 Å². The highest BCUT2D eigenvalue weighted by atomic mass is 16.5. The van der Waals surface area contributed by atoms with Crippen LogP contribution in [0.5, 0.6) is 0 Å². The summed E-state index contributed by atoms with van der Waals surface area (Å²) in [5, 5.41) is 0. The molecule has 0 unspecified atom stereocenters. The first-order valence-electron chi connectivity index (χ1n) is 9.50. The SMILES string of the molecule is COC(=O)c1ccc(Cn2c(C)cc(=O)n(Cc3ccc(C(=O)OC)cc3)c2=O)cc1. The number of carbonyl (C=O) groups is 2. The van der Waals surface area contributed by atoms with Gasteiger partial charge in [-0.1, -0.05) is 24.3 Å². The molecule has 0 fully saturated rings. The second-order valence-electron chi connectivity index (χ2n) is 6.96. The molecular formula is C23H22N2O6. The summed E-state index contributed by atoms with van der Waals surface area (Å²) in [7, 11) is 2.61. The van der Waals surface area contributed by atoms with E-state index in [9.17, 15) is 19.2 Å². The fourth-order valence-corrected chi connectivity index (χ4v) is 3.16. The number of hydrogen-bond acceptors (Lipinski definition) is 6. The highest BCUT2D eigenvalue weighted by Crippen LogP contribution is 2.09. The summed E-state index contributed by atoms with van der Waals surface area (Å²) in [6.45, 7) is 2.01. The van der Waals surface area contributed by atoms with Crippen LogP contribution >= 0.6 is 0 Å². The third-order valence-electron chi connectivity index (χ3n) is 4.92. The van der Waals surface area contributed by atoms with Gasteiger partial charge in [-0.15, -0.1) is 0 Å². The molecule has 2 aromatic carbocycles. The number of aromatic nitrogens is 2. The molecule has 31 heavy (non-hydrogen) atoms. The van der Waals surface area contributed by atoms with Crippen LogP contribution < -0.4 is 11.2 Å². The smallest absolute Gasteiger partial charge is 0.337 e. The molecule has 0 saturated carbocycles. The number of nitrogens with zero attached hydrogens (tertiary/aromatic N) is 2. The van der Waals surface area contributed by atoms with Gasteiger partial charge in [0.2, 0.25) is 0 Å². The highest BCUT2D eigenvalue weighted by molar-refractivity contribution is 5.89. The summed E-state index contributed by atoms with van der Waals surface area (Å²) in [5.41, 5.74) is 1.97. The molecule has 0 aliphatic rings. The predicted octanol–water partition coefficient (Wildman–Crippen LogP) is 1.99. The number of hydrogen-bond donors (Lipinski definition) is 0. The molecule has 0 atom stereocenters. The van der Waals surface area contributed by atoms with Crippen molar-refractivity contribution in [3.63, 3.8) is 0 Å². The summed E-state index contributed by atoms with van der Waals surface area (Å²) in [4.78, 5) is 48.7. The number of esters is 2. The van der Waals surface area contributed by atoms with Crippen LogP contribution in [0.15, 0.2) is 64.2 Å². The van der Waals surface area contributed by atoms with Gasteiger partial charge in [-0.2, -0.15) is 0 Å². The van der Waals surface area contributed by atoms with Gasteiger partial charge in [0.15, 0.2) is 0 Å². The van der Waals surface area contributed by atoms with Gasteiger partial charge in [0.05, 0.1) is 38.4 Å². The Morgan fingerprint density at radius 2 is 1.16 bits per heavy atom. The lowest BCUT2D eigenvalue weighted by Gasteiger charge is -2.14. The van der Waals surface area contributed by atoms with Crippen LogP contribution in [0.2, 0.25) is 0 Å². The number of benzene rings is 2. The van der Waals surface area contributed by atoms with E-state index in [0.717, 1.165) is 10.1 Å². The largest absolute Gasteiger partial charge is 0.465 e. The van der Waals surface area contributed by atoms with E-state index >= 15 is 0 Å². The van der Waals surface area contributed by atoms with Gasteiger partial charge < -0.3 is 9.47 Å². The van der Waals surface area contributed by atoms with Gasteiger partial charge in [-0.3, -0.25) is 13.9 Å². The quantitative estimate of drug-likeness (QED) is 0.564. The number of rotatable bonds is 6. The normalized spacial score (nSPS) is 10.5. The van der Waals surface area contributed by atoms with Crippen molar-refractivity contribution in [2.45, 2.75) is 20.0 Å². The molecule has 160 valence electrons. The first-order chi connectivity index (χ1) is 14.8. The molecule has 0 aliphatic carbocycles. The zero-order valence-corrected chi connectivity index (χ0v) is 17.5. The third kappa shape index (κ3) is 4.80. The average Bonchev–Trinajstić information content (AvgIpc) is 2.79. The summed E-state index contributed by atoms with van der Waals surface area (Å²) in [6, 6.07) is 14.7. The van der Waals surface area contributed by atoms with Gasteiger partial charge in [0.1, 0.15) is 0 Å². The number of aryl methyl sites for hydroxylation is 1. The lowest BCUT2D eigenvalue weighted by atomic mass is 10.1. The van der Waals surface area contributed by atoms with Crippen molar-refractivity contribution >= 4 is 11.9 Å². The minimum absolute atomic E-state index is 0.0701. The highest BCUT2D eigenvalue weighted by Gasteiger charge is 2.12. The number of ether oxygens (including phenoxy) is 2. The molecule has 8 heteroatoms. The van der Waals surface area contributed by atoms with E-state index in [0.29, 0.717) is 22.4 Å². The van der Waals surface area contributed by atoms with Crippen molar-refractivity contribution in [2.75, 3.05) is 14.2 Å². The first kappa shape index (κ1) is 21.8. The Labute approximate surface area is 178 Å². The Balaban J connectivity index is 1.89. The zero-order chi connectivity index (χ0) is 22.5. The van der Waals surface area contributed by atoms with Crippen LogP contribution in [-0.4, -0.2) is 35.3 Å². The topological polar surface area (TPSA) is 96.6 Å².